The maximum Gasteiger partial charge on any atom is 0.123 e. The van der Waals surface area contributed by atoms with Gasteiger partial charge in [0, 0.05) is 22.9 Å². The fraction of sp³-hybridized carbons (Fsp3) is 0.600. The van der Waals surface area contributed by atoms with Crippen LogP contribution in [0.5, 0.6) is 5.75 Å². The van der Waals surface area contributed by atoms with Gasteiger partial charge in [0.25, 0.3) is 0 Å². The largest absolute Gasteiger partial charge is 0.496 e. The first-order valence-electron chi connectivity index (χ1n) is 6.70. The number of hydrogen-bond donors (Lipinski definition) is 2. The molecule has 0 radical (unpaired) electrons. The van der Waals surface area contributed by atoms with Gasteiger partial charge in [0.1, 0.15) is 5.75 Å². The van der Waals surface area contributed by atoms with Crippen molar-refractivity contribution < 1.29 is 9.84 Å². The Morgan fingerprint density at radius 3 is 2.58 bits per heavy atom. The minimum absolute atomic E-state index is 0.192. The SMILES string of the molecule is CCC(NC(C)C(CO)SC)c1ccccc1OC. The Morgan fingerprint density at radius 2 is 2.05 bits per heavy atom. The molecule has 0 aliphatic rings. The number of para-hydroxylation sites is 1. The predicted octanol–water partition coefficient (Wildman–Crippen LogP) is 2.85. The second kappa shape index (κ2) is 8.46. The lowest BCUT2D eigenvalue weighted by atomic mass is 10.0. The molecule has 0 bridgehead atoms. The van der Waals surface area contributed by atoms with Crippen molar-refractivity contribution in [2.75, 3.05) is 20.0 Å². The van der Waals surface area contributed by atoms with Gasteiger partial charge in [-0.15, -0.1) is 0 Å². The van der Waals surface area contributed by atoms with Crippen molar-refractivity contribution in [2.24, 2.45) is 0 Å². The first-order chi connectivity index (χ1) is 9.17. The number of aliphatic hydroxyl groups is 1. The molecule has 0 aliphatic heterocycles. The molecule has 2 N–H and O–H groups in total. The Hall–Kier alpha value is -0.710. The molecule has 1 rings (SSSR count). The van der Waals surface area contributed by atoms with E-state index in [9.17, 15) is 5.11 Å². The third kappa shape index (κ3) is 4.41. The van der Waals surface area contributed by atoms with E-state index in [2.05, 4.69) is 25.2 Å². The van der Waals surface area contributed by atoms with Gasteiger partial charge >= 0.3 is 0 Å². The summed E-state index contributed by atoms with van der Waals surface area (Å²) in [6.45, 7) is 4.47. The van der Waals surface area contributed by atoms with Gasteiger partial charge in [-0.05, 0) is 25.7 Å². The van der Waals surface area contributed by atoms with Crippen LogP contribution in [0.1, 0.15) is 31.9 Å². The average molecular weight is 283 g/mol. The highest BCUT2D eigenvalue weighted by Gasteiger charge is 2.21. The van der Waals surface area contributed by atoms with Crippen LogP contribution in [-0.4, -0.2) is 36.4 Å². The lowest BCUT2D eigenvalue weighted by Gasteiger charge is -2.28. The summed E-state index contributed by atoms with van der Waals surface area (Å²) in [5.41, 5.74) is 1.18. The number of rotatable bonds is 8. The molecule has 0 amide bonds. The van der Waals surface area contributed by atoms with Gasteiger partial charge in [-0.2, -0.15) is 11.8 Å². The Morgan fingerprint density at radius 1 is 1.37 bits per heavy atom. The average Bonchev–Trinajstić information content (AvgIpc) is 2.46. The summed E-state index contributed by atoms with van der Waals surface area (Å²) >= 11 is 1.69. The predicted molar refractivity (Wildman–Crippen MR) is 83.0 cm³/mol. The summed E-state index contributed by atoms with van der Waals surface area (Å²) in [5, 5.41) is 13.2. The van der Waals surface area contributed by atoms with Gasteiger partial charge in [-0.3, -0.25) is 0 Å². The molecule has 0 heterocycles. The molecule has 1 aromatic rings. The highest BCUT2D eigenvalue weighted by atomic mass is 32.2. The first kappa shape index (κ1) is 16.3. The maximum absolute atomic E-state index is 9.37. The molecule has 0 spiro atoms. The molecule has 4 heteroatoms. The monoisotopic (exact) mass is 283 g/mol. The van der Waals surface area contributed by atoms with E-state index in [1.165, 1.54) is 5.56 Å². The molecule has 1 aromatic carbocycles. The second-order valence-corrected chi connectivity index (χ2v) is 5.69. The second-order valence-electron chi connectivity index (χ2n) is 4.61. The van der Waals surface area contributed by atoms with Crippen molar-refractivity contribution in [1.82, 2.24) is 5.32 Å². The van der Waals surface area contributed by atoms with Crippen molar-refractivity contribution in [3.8, 4) is 5.75 Å². The molecule has 3 nitrogen and oxygen atoms in total. The van der Waals surface area contributed by atoms with Crippen LogP contribution in [-0.2, 0) is 0 Å². The standard InChI is InChI=1S/C15H25NO2S/c1-5-13(16-11(2)15(10-17)19-4)12-8-6-7-9-14(12)18-3/h6-9,11,13,15-17H,5,10H2,1-4H3. The van der Waals surface area contributed by atoms with Crippen LogP contribution < -0.4 is 10.1 Å². The quantitative estimate of drug-likeness (QED) is 0.770. The van der Waals surface area contributed by atoms with Gasteiger partial charge in [-0.25, -0.2) is 0 Å². The van der Waals surface area contributed by atoms with Crippen molar-refractivity contribution in [2.45, 2.75) is 37.6 Å². The summed E-state index contributed by atoms with van der Waals surface area (Å²) in [6, 6.07) is 8.59. The lowest BCUT2D eigenvalue weighted by molar-refractivity contribution is 0.269. The lowest BCUT2D eigenvalue weighted by Crippen LogP contribution is -2.39. The van der Waals surface area contributed by atoms with Crippen LogP contribution in [0.3, 0.4) is 0 Å². The van der Waals surface area contributed by atoms with Crippen LogP contribution in [0, 0.1) is 0 Å². The minimum Gasteiger partial charge on any atom is -0.496 e. The number of thioether (sulfide) groups is 1. The van der Waals surface area contributed by atoms with Gasteiger partial charge in [0.2, 0.25) is 0 Å². The van der Waals surface area contributed by atoms with E-state index in [-0.39, 0.29) is 23.9 Å². The maximum atomic E-state index is 9.37. The molecule has 0 aromatic heterocycles. The van der Waals surface area contributed by atoms with E-state index < -0.39 is 0 Å². The summed E-state index contributed by atoms with van der Waals surface area (Å²) in [5.74, 6) is 0.916. The number of hydrogen-bond acceptors (Lipinski definition) is 4. The minimum atomic E-state index is 0.192. The zero-order chi connectivity index (χ0) is 14.3. The summed E-state index contributed by atoms with van der Waals surface area (Å²) in [7, 11) is 1.70. The first-order valence-corrected chi connectivity index (χ1v) is 7.99. The van der Waals surface area contributed by atoms with Crippen molar-refractivity contribution in [3.63, 3.8) is 0 Å². The number of methoxy groups -OCH3 is 1. The van der Waals surface area contributed by atoms with Crippen molar-refractivity contribution >= 4 is 11.8 Å². The van der Waals surface area contributed by atoms with E-state index in [1.807, 2.05) is 24.5 Å². The number of ether oxygens (including phenoxy) is 1. The normalized spacial score (nSPS) is 15.8. The van der Waals surface area contributed by atoms with Gasteiger partial charge in [0.05, 0.1) is 13.7 Å². The Labute approximate surface area is 120 Å². The van der Waals surface area contributed by atoms with E-state index in [0.717, 1.165) is 12.2 Å². The summed E-state index contributed by atoms with van der Waals surface area (Å²) in [6.07, 6.45) is 3.01. The van der Waals surface area contributed by atoms with Gasteiger partial charge in [-0.1, -0.05) is 25.1 Å². The van der Waals surface area contributed by atoms with E-state index in [4.69, 9.17) is 4.74 Å². The fourth-order valence-electron chi connectivity index (χ4n) is 2.24. The molecular weight excluding hydrogens is 258 g/mol. The highest BCUT2D eigenvalue weighted by molar-refractivity contribution is 7.99. The molecule has 0 fully saturated rings. The van der Waals surface area contributed by atoms with E-state index >= 15 is 0 Å². The van der Waals surface area contributed by atoms with Crippen molar-refractivity contribution in [1.29, 1.82) is 0 Å². The third-order valence-electron chi connectivity index (χ3n) is 3.43. The molecule has 108 valence electrons. The molecule has 19 heavy (non-hydrogen) atoms. The van der Waals surface area contributed by atoms with Crippen LogP contribution >= 0.6 is 11.8 Å². The fourth-order valence-corrected chi connectivity index (χ4v) is 2.88. The molecule has 0 saturated carbocycles. The summed E-state index contributed by atoms with van der Waals surface area (Å²) in [4.78, 5) is 0. The van der Waals surface area contributed by atoms with E-state index in [0.29, 0.717) is 0 Å². The Balaban J connectivity index is 2.83. The molecular formula is C15H25NO2S. The third-order valence-corrected chi connectivity index (χ3v) is 4.59. The Kier molecular flexibility index (Phi) is 7.28. The van der Waals surface area contributed by atoms with Crippen LogP contribution in [0.4, 0.5) is 0 Å². The van der Waals surface area contributed by atoms with Gasteiger partial charge < -0.3 is 15.2 Å². The number of nitrogens with one attached hydrogen (secondary N) is 1. The number of benzene rings is 1. The van der Waals surface area contributed by atoms with E-state index in [1.54, 1.807) is 18.9 Å². The van der Waals surface area contributed by atoms with Crippen molar-refractivity contribution in [3.05, 3.63) is 29.8 Å². The van der Waals surface area contributed by atoms with Crippen LogP contribution in [0.25, 0.3) is 0 Å². The van der Waals surface area contributed by atoms with Crippen LogP contribution in [0.15, 0.2) is 24.3 Å². The molecule has 0 aliphatic carbocycles. The highest BCUT2D eigenvalue weighted by Crippen LogP contribution is 2.28. The molecule has 0 saturated heterocycles. The number of aliphatic hydroxyl groups excluding tert-OH is 1. The van der Waals surface area contributed by atoms with Gasteiger partial charge in [0.15, 0.2) is 0 Å². The zero-order valence-corrected chi connectivity index (χ0v) is 13.0. The molecule has 3 atom stereocenters. The Bertz CT molecular complexity index is 369. The topological polar surface area (TPSA) is 41.5 Å². The zero-order valence-electron chi connectivity index (χ0n) is 12.2. The molecule has 3 unspecified atom stereocenters. The summed E-state index contributed by atoms with van der Waals surface area (Å²) < 4.78 is 5.43. The smallest absolute Gasteiger partial charge is 0.123 e. The van der Waals surface area contributed by atoms with Crippen LogP contribution in [0.2, 0.25) is 0 Å².